The normalized spacial score (nSPS) is 11.9. The first-order valence-electron chi connectivity index (χ1n) is 7.92. The summed E-state index contributed by atoms with van der Waals surface area (Å²) < 4.78 is 0. The highest BCUT2D eigenvalue weighted by atomic mass is 16.1. The van der Waals surface area contributed by atoms with Crippen molar-refractivity contribution in [1.29, 1.82) is 0 Å². The zero-order valence-corrected chi connectivity index (χ0v) is 13.4. The molecule has 6 nitrogen and oxygen atoms in total. The molecule has 2 aromatic heterocycles. The number of pyridine rings is 1. The first kappa shape index (κ1) is 15.9. The van der Waals surface area contributed by atoms with Crippen molar-refractivity contribution in [3.05, 3.63) is 66.2 Å². The van der Waals surface area contributed by atoms with Gasteiger partial charge < -0.3 is 5.32 Å². The molecule has 6 heteroatoms. The molecular formula is C18H19N5O. The molecule has 0 unspecified atom stereocenters. The Hall–Kier alpha value is -3.02. The van der Waals surface area contributed by atoms with Crippen molar-refractivity contribution >= 4 is 5.91 Å². The van der Waals surface area contributed by atoms with Crippen LogP contribution in [0.25, 0.3) is 11.4 Å². The molecule has 3 rings (SSSR count). The third-order valence-electron chi connectivity index (χ3n) is 3.83. The standard InChI is InChI=1S/C18H19N5O/c1-2-15(13-6-4-3-5-7-13)18(24)20-12-16-21-17(23-22-16)14-8-10-19-11-9-14/h3-11,15H,2,12H2,1H3,(H,20,24)(H,21,22,23)/t15-/m1/s1. The van der Waals surface area contributed by atoms with E-state index >= 15 is 0 Å². The van der Waals surface area contributed by atoms with E-state index in [1.807, 2.05) is 49.4 Å². The molecule has 0 spiro atoms. The lowest BCUT2D eigenvalue weighted by Gasteiger charge is -2.14. The van der Waals surface area contributed by atoms with Gasteiger partial charge in [-0.3, -0.25) is 14.9 Å². The minimum Gasteiger partial charge on any atom is -0.348 e. The molecule has 0 bridgehead atoms. The van der Waals surface area contributed by atoms with E-state index in [2.05, 4.69) is 25.5 Å². The zero-order valence-electron chi connectivity index (χ0n) is 13.4. The van der Waals surface area contributed by atoms with E-state index in [1.54, 1.807) is 12.4 Å². The van der Waals surface area contributed by atoms with Crippen molar-refractivity contribution in [2.75, 3.05) is 0 Å². The van der Waals surface area contributed by atoms with Crippen LogP contribution in [0, 0.1) is 0 Å². The summed E-state index contributed by atoms with van der Waals surface area (Å²) >= 11 is 0. The largest absolute Gasteiger partial charge is 0.348 e. The lowest BCUT2D eigenvalue weighted by atomic mass is 9.96. The molecule has 1 amide bonds. The van der Waals surface area contributed by atoms with Crippen LogP contribution in [0.3, 0.4) is 0 Å². The fraction of sp³-hybridized carbons (Fsp3) is 0.222. The topological polar surface area (TPSA) is 83.6 Å². The predicted molar refractivity (Wildman–Crippen MR) is 90.9 cm³/mol. The van der Waals surface area contributed by atoms with Gasteiger partial charge in [0.1, 0.15) is 5.82 Å². The minimum atomic E-state index is -0.159. The third kappa shape index (κ3) is 3.65. The van der Waals surface area contributed by atoms with E-state index in [9.17, 15) is 4.79 Å². The van der Waals surface area contributed by atoms with Gasteiger partial charge in [-0.05, 0) is 24.1 Å². The Morgan fingerprint density at radius 3 is 2.62 bits per heavy atom. The van der Waals surface area contributed by atoms with E-state index in [0.29, 0.717) is 18.2 Å². The van der Waals surface area contributed by atoms with Gasteiger partial charge in [-0.2, -0.15) is 5.10 Å². The summed E-state index contributed by atoms with van der Waals surface area (Å²) in [5.41, 5.74) is 1.90. The van der Waals surface area contributed by atoms with Crippen LogP contribution in [0.2, 0.25) is 0 Å². The van der Waals surface area contributed by atoms with E-state index in [0.717, 1.165) is 17.5 Å². The lowest BCUT2D eigenvalue weighted by Crippen LogP contribution is -2.29. The summed E-state index contributed by atoms with van der Waals surface area (Å²) in [5.74, 6) is 1.05. The fourth-order valence-electron chi connectivity index (χ4n) is 2.56. The van der Waals surface area contributed by atoms with Crippen LogP contribution in [0.15, 0.2) is 54.9 Å². The van der Waals surface area contributed by atoms with Gasteiger partial charge in [0.2, 0.25) is 5.91 Å². The van der Waals surface area contributed by atoms with Crippen LogP contribution in [0.1, 0.15) is 30.7 Å². The number of benzene rings is 1. The van der Waals surface area contributed by atoms with Crippen molar-refractivity contribution < 1.29 is 4.79 Å². The third-order valence-corrected chi connectivity index (χ3v) is 3.83. The minimum absolute atomic E-state index is 0.00874. The quantitative estimate of drug-likeness (QED) is 0.731. The molecule has 0 saturated heterocycles. The van der Waals surface area contributed by atoms with Gasteiger partial charge in [0.05, 0.1) is 12.5 Å². The molecule has 0 radical (unpaired) electrons. The maximum atomic E-state index is 12.4. The summed E-state index contributed by atoms with van der Waals surface area (Å²) in [6.45, 7) is 2.33. The molecule has 0 aliphatic heterocycles. The highest BCUT2D eigenvalue weighted by Gasteiger charge is 2.18. The van der Waals surface area contributed by atoms with Gasteiger partial charge in [-0.1, -0.05) is 37.3 Å². The summed E-state index contributed by atoms with van der Waals surface area (Å²) in [6.07, 6.45) is 4.13. The fourth-order valence-corrected chi connectivity index (χ4v) is 2.56. The van der Waals surface area contributed by atoms with Crippen molar-refractivity contribution in [2.24, 2.45) is 0 Å². The van der Waals surface area contributed by atoms with Crippen LogP contribution in [-0.2, 0) is 11.3 Å². The first-order chi connectivity index (χ1) is 11.8. The first-order valence-corrected chi connectivity index (χ1v) is 7.92. The van der Waals surface area contributed by atoms with Gasteiger partial charge in [0.15, 0.2) is 5.82 Å². The highest BCUT2D eigenvalue weighted by molar-refractivity contribution is 5.83. The number of nitrogens with zero attached hydrogens (tertiary/aromatic N) is 3. The Kier molecular flexibility index (Phi) is 4.96. The van der Waals surface area contributed by atoms with Gasteiger partial charge in [-0.15, -0.1) is 0 Å². The molecule has 2 heterocycles. The Morgan fingerprint density at radius 2 is 1.92 bits per heavy atom. The van der Waals surface area contributed by atoms with E-state index in [4.69, 9.17) is 0 Å². The summed E-state index contributed by atoms with van der Waals surface area (Å²) in [7, 11) is 0. The molecule has 3 aromatic rings. The Labute approximate surface area is 140 Å². The van der Waals surface area contributed by atoms with Gasteiger partial charge in [-0.25, -0.2) is 4.98 Å². The molecule has 1 atom stereocenters. The molecule has 0 saturated carbocycles. The number of nitrogens with one attached hydrogen (secondary N) is 2. The van der Waals surface area contributed by atoms with E-state index < -0.39 is 0 Å². The molecule has 0 aliphatic rings. The average Bonchev–Trinajstić information content (AvgIpc) is 3.11. The second-order valence-electron chi connectivity index (χ2n) is 5.43. The van der Waals surface area contributed by atoms with Crippen molar-refractivity contribution in [2.45, 2.75) is 25.8 Å². The second-order valence-corrected chi connectivity index (χ2v) is 5.43. The molecule has 0 aliphatic carbocycles. The van der Waals surface area contributed by atoms with E-state index in [-0.39, 0.29) is 11.8 Å². The highest BCUT2D eigenvalue weighted by Crippen LogP contribution is 2.19. The van der Waals surface area contributed by atoms with Crippen LogP contribution in [0.5, 0.6) is 0 Å². The number of hydrogen-bond donors (Lipinski definition) is 2. The number of H-pyrrole nitrogens is 1. The molecule has 24 heavy (non-hydrogen) atoms. The summed E-state index contributed by atoms with van der Waals surface area (Å²) in [6, 6.07) is 13.5. The maximum absolute atomic E-state index is 12.4. The van der Waals surface area contributed by atoms with Crippen molar-refractivity contribution in [3.8, 4) is 11.4 Å². The predicted octanol–water partition coefficient (Wildman–Crippen LogP) is 2.68. The number of rotatable bonds is 6. The van der Waals surface area contributed by atoms with Crippen molar-refractivity contribution in [1.82, 2.24) is 25.5 Å². The number of hydrogen-bond acceptors (Lipinski definition) is 4. The van der Waals surface area contributed by atoms with E-state index in [1.165, 1.54) is 0 Å². The Balaban J connectivity index is 1.63. The molecule has 122 valence electrons. The van der Waals surface area contributed by atoms with Crippen LogP contribution in [0.4, 0.5) is 0 Å². The SMILES string of the molecule is CC[C@@H](C(=O)NCc1nc(-c2ccncc2)n[nH]1)c1ccccc1. The monoisotopic (exact) mass is 321 g/mol. The lowest BCUT2D eigenvalue weighted by molar-refractivity contribution is -0.122. The number of carbonyl (C=O) groups is 1. The summed E-state index contributed by atoms with van der Waals surface area (Å²) in [5, 5.41) is 9.96. The van der Waals surface area contributed by atoms with Crippen LogP contribution >= 0.6 is 0 Å². The molecule has 1 aromatic carbocycles. The van der Waals surface area contributed by atoms with Crippen molar-refractivity contribution in [3.63, 3.8) is 0 Å². The van der Waals surface area contributed by atoms with Gasteiger partial charge in [0, 0.05) is 18.0 Å². The number of aromatic amines is 1. The zero-order chi connectivity index (χ0) is 16.8. The van der Waals surface area contributed by atoms with Gasteiger partial charge in [0.25, 0.3) is 0 Å². The Bertz CT molecular complexity index is 785. The van der Waals surface area contributed by atoms with Crippen LogP contribution < -0.4 is 5.32 Å². The average molecular weight is 321 g/mol. The number of carbonyl (C=O) groups excluding carboxylic acids is 1. The number of aromatic nitrogens is 4. The van der Waals surface area contributed by atoms with Gasteiger partial charge >= 0.3 is 0 Å². The molecule has 2 N–H and O–H groups in total. The van der Waals surface area contributed by atoms with Crippen LogP contribution in [-0.4, -0.2) is 26.1 Å². The maximum Gasteiger partial charge on any atom is 0.227 e. The molecule has 0 fully saturated rings. The second kappa shape index (κ2) is 7.50. The Morgan fingerprint density at radius 1 is 1.17 bits per heavy atom. The summed E-state index contributed by atoms with van der Waals surface area (Å²) in [4.78, 5) is 20.8. The molecular weight excluding hydrogens is 302 g/mol. The number of amides is 1. The smallest absolute Gasteiger partial charge is 0.227 e.